The lowest BCUT2D eigenvalue weighted by molar-refractivity contribution is 0.587. The molecule has 0 radical (unpaired) electrons. The van der Waals surface area contributed by atoms with E-state index < -0.39 is 9.84 Å². The molecule has 1 aliphatic rings. The smallest absolute Gasteiger partial charge is 0.151 e. The Morgan fingerprint density at radius 3 is 2.94 bits per heavy atom. The van der Waals surface area contributed by atoms with Gasteiger partial charge in [-0.3, -0.25) is 4.98 Å². The molecule has 0 aromatic carbocycles. The number of hydrogen-bond acceptors (Lipinski definition) is 5. The molecule has 1 aliphatic carbocycles. The second-order valence-corrected chi connectivity index (χ2v) is 7.40. The van der Waals surface area contributed by atoms with Gasteiger partial charge in [-0.15, -0.1) is 11.3 Å². The average molecular weight is 260 g/mol. The number of aromatic nitrogens is 1. The highest BCUT2D eigenvalue weighted by molar-refractivity contribution is 7.91. The van der Waals surface area contributed by atoms with Crippen molar-refractivity contribution in [2.45, 2.75) is 19.4 Å². The molecule has 16 heavy (non-hydrogen) atoms. The van der Waals surface area contributed by atoms with E-state index in [9.17, 15) is 8.42 Å². The number of nitrogens with one attached hydrogen (secondary N) is 1. The van der Waals surface area contributed by atoms with E-state index in [1.165, 1.54) is 0 Å². The number of thiazole rings is 1. The van der Waals surface area contributed by atoms with Gasteiger partial charge < -0.3 is 5.32 Å². The summed E-state index contributed by atoms with van der Waals surface area (Å²) in [7, 11) is -2.83. The highest BCUT2D eigenvalue weighted by Gasteiger charge is 2.27. The monoisotopic (exact) mass is 260 g/mol. The first-order valence-electron chi connectivity index (χ1n) is 5.44. The first-order chi connectivity index (χ1) is 7.66. The summed E-state index contributed by atoms with van der Waals surface area (Å²) < 4.78 is 23.2. The van der Waals surface area contributed by atoms with Crippen molar-refractivity contribution in [3.63, 3.8) is 0 Å². The highest BCUT2D eigenvalue weighted by Crippen LogP contribution is 2.30. The van der Waals surface area contributed by atoms with Crippen molar-refractivity contribution in [2.75, 3.05) is 18.1 Å². The third-order valence-corrected chi connectivity index (χ3v) is 5.14. The molecule has 6 heteroatoms. The Morgan fingerprint density at radius 1 is 1.50 bits per heavy atom. The molecule has 2 rings (SSSR count). The van der Waals surface area contributed by atoms with Gasteiger partial charge in [0.2, 0.25) is 0 Å². The molecule has 0 aliphatic heterocycles. The van der Waals surface area contributed by atoms with Gasteiger partial charge in [0.15, 0.2) is 9.84 Å². The molecule has 4 nitrogen and oxygen atoms in total. The molecule has 0 atom stereocenters. The molecule has 1 saturated carbocycles. The summed E-state index contributed by atoms with van der Waals surface area (Å²) in [5, 5.41) is 3.13. The zero-order valence-corrected chi connectivity index (χ0v) is 10.7. The minimum absolute atomic E-state index is 0.252. The zero-order chi connectivity index (χ0) is 11.4. The zero-order valence-electron chi connectivity index (χ0n) is 9.05. The first kappa shape index (κ1) is 12.0. The Balaban J connectivity index is 1.63. The van der Waals surface area contributed by atoms with Crippen molar-refractivity contribution in [3.8, 4) is 0 Å². The van der Waals surface area contributed by atoms with E-state index in [2.05, 4.69) is 10.3 Å². The van der Waals surface area contributed by atoms with Crippen LogP contribution < -0.4 is 5.32 Å². The lowest BCUT2D eigenvalue weighted by atomic mass is 10.5. The van der Waals surface area contributed by atoms with Gasteiger partial charge in [-0.25, -0.2) is 8.42 Å². The molecular formula is C10H16N2O2S2. The minimum atomic E-state index is -2.83. The third-order valence-electron chi connectivity index (χ3n) is 2.56. The predicted molar refractivity (Wildman–Crippen MR) is 65.2 cm³/mol. The van der Waals surface area contributed by atoms with E-state index >= 15 is 0 Å². The van der Waals surface area contributed by atoms with E-state index in [0.717, 1.165) is 17.7 Å². The highest BCUT2D eigenvalue weighted by atomic mass is 32.2. The Kier molecular flexibility index (Phi) is 3.94. The SMILES string of the molecule is O=S(=O)(CCNCc1cncs1)CC1CC1. The van der Waals surface area contributed by atoms with Crippen LogP contribution >= 0.6 is 11.3 Å². The van der Waals surface area contributed by atoms with Crippen LogP contribution in [0.2, 0.25) is 0 Å². The van der Waals surface area contributed by atoms with Crippen molar-refractivity contribution >= 4 is 21.2 Å². The number of rotatable bonds is 7. The molecule has 1 aromatic heterocycles. The van der Waals surface area contributed by atoms with Crippen LogP contribution in [-0.4, -0.2) is 31.5 Å². The Labute approximate surface area is 100 Å². The van der Waals surface area contributed by atoms with Crippen LogP contribution in [0.5, 0.6) is 0 Å². The van der Waals surface area contributed by atoms with E-state index in [1.807, 2.05) is 0 Å². The van der Waals surface area contributed by atoms with Gasteiger partial charge in [0, 0.05) is 24.2 Å². The second kappa shape index (κ2) is 5.25. The summed E-state index contributed by atoms with van der Waals surface area (Å²) in [4.78, 5) is 5.10. The normalized spacial score (nSPS) is 16.5. The summed E-state index contributed by atoms with van der Waals surface area (Å²) in [6.07, 6.45) is 3.98. The lowest BCUT2D eigenvalue weighted by Crippen LogP contribution is -2.24. The molecule has 0 unspecified atom stereocenters. The van der Waals surface area contributed by atoms with Crippen molar-refractivity contribution in [1.29, 1.82) is 0 Å². The molecule has 1 heterocycles. The topological polar surface area (TPSA) is 59.1 Å². The molecule has 90 valence electrons. The van der Waals surface area contributed by atoms with E-state index in [0.29, 0.717) is 24.8 Å². The third kappa shape index (κ3) is 4.19. The van der Waals surface area contributed by atoms with Crippen LogP contribution in [0.4, 0.5) is 0 Å². The van der Waals surface area contributed by atoms with Crippen LogP contribution in [0.1, 0.15) is 17.7 Å². The molecule has 1 N–H and O–H groups in total. The Bertz CT molecular complexity index is 410. The van der Waals surface area contributed by atoms with Crippen LogP contribution in [0.3, 0.4) is 0 Å². The molecule has 0 spiro atoms. The maximum atomic E-state index is 11.6. The minimum Gasteiger partial charge on any atom is -0.311 e. The van der Waals surface area contributed by atoms with Crippen LogP contribution in [0.15, 0.2) is 11.7 Å². The molecule has 0 bridgehead atoms. The van der Waals surface area contributed by atoms with Crippen molar-refractivity contribution < 1.29 is 8.42 Å². The molecule has 1 fully saturated rings. The quantitative estimate of drug-likeness (QED) is 0.745. The first-order valence-corrected chi connectivity index (χ1v) is 8.14. The largest absolute Gasteiger partial charge is 0.311 e. The van der Waals surface area contributed by atoms with Crippen LogP contribution in [0, 0.1) is 5.92 Å². The summed E-state index contributed by atoms with van der Waals surface area (Å²) in [6, 6.07) is 0. The summed E-state index contributed by atoms with van der Waals surface area (Å²) in [5.41, 5.74) is 1.78. The van der Waals surface area contributed by atoms with Crippen molar-refractivity contribution in [3.05, 3.63) is 16.6 Å². The van der Waals surface area contributed by atoms with Crippen LogP contribution in [0.25, 0.3) is 0 Å². The van der Waals surface area contributed by atoms with E-state index in [1.54, 1.807) is 23.0 Å². The number of nitrogens with zero attached hydrogens (tertiary/aromatic N) is 1. The van der Waals surface area contributed by atoms with Gasteiger partial charge in [-0.05, 0) is 18.8 Å². The maximum absolute atomic E-state index is 11.6. The van der Waals surface area contributed by atoms with E-state index in [-0.39, 0.29) is 5.75 Å². The molecule has 0 amide bonds. The Hall–Kier alpha value is -0.460. The summed E-state index contributed by atoms with van der Waals surface area (Å²) in [5.74, 6) is 1.09. The van der Waals surface area contributed by atoms with Gasteiger partial charge in [0.1, 0.15) is 0 Å². The second-order valence-electron chi connectivity index (χ2n) is 4.20. The van der Waals surface area contributed by atoms with Gasteiger partial charge in [0.05, 0.1) is 17.0 Å². The summed E-state index contributed by atoms with van der Waals surface area (Å²) >= 11 is 1.58. The molecule has 0 saturated heterocycles. The number of sulfone groups is 1. The molecular weight excluding hydrogens is 244 g/mol. The predicted octanol–water partition coefficient (Wildman–Crippen LogP) is 1.06. The van der Waals surface area contributed by atoms with Gasteiger partial charge in [-0.2, -0.15) is 0 Å². The maximum Gasteiger partial charge on any atom is 0.151 e. The van der Waals surface area contributed by atoms with Gasteiger partial charge >= 0.3 is 0 Å². The lowest BCUT2D eigenvalue weighted by Gasteiger charge is -2.04. The van der Waals surface area contributed by atoms with Crippen molar-refractivity contribution in [2.24, 2.45) is 5.92 Å². The van der Waals surface area contributed by atoms with E-state index in [4.69, 9.17) is 0 Å². The van der Waals surface area contributed by atoms with Gasteiger partial charge in [-0.1, -0.05) is 0 Å². The Morgan fingerprint density at radius 2 is 2.31 bits per heavy atom. The van der Waals surface area contributed by atoms with Crippen molar-refractivity contribution in [1.82, 2.24) is 10.3 Å². The fraction of sp³-hybridized carbons (Fsp3) is 0.700. The fourth-order valence-electron chi connectivity index (χ4n) is 1.50. The van der Waals surface area contributed by atoms with Gasteiger partial charge in [0.25, 0.3) is 0 Å². The molecule has 1 aromatic rings. The summed E-state index contributed by atoms with van der Waals surface area (Å²) in [6.45, 7) is 1.25. The fourth-order valence-corrected chi connectivity index (χ4v) is 3.73. The standard InChI is InChI=1S/C10H16N2O2S2/c13-16(14,7-9-1-2-9)4-3-11-5-10-6-12-8-15-10/h6,8-9,11H,1-5,7H2. The van der Waals surface area contributed by atoms with Crippen LogP contribution in [-0.2, 0) is 16.4 Å². The number of hydrogen-bond donors (Lipinski definition) is 1. The average Bonchev–Trinajstić information content (AvgIpc) is 2.86.